The van der Waals surface area contributed by atoms with E-state index in [4.69, 9.17) is 39.5 Å². The van der Waals surface area contributed by atoms with Gasteiger partial charge in [0.1, 0.15) is 5.52 Å². The van der Waals surface area contributed by atoms with Gasteiger partial charge in [-0.1, -0.05) is 40.9 Å². The van der Waals surface area contributed by atoms with Gasteiger partial charge in [-0.05, 0) is 68.8 Å². The molecular formula is C27H27Cl4N5O3. The number of nitrogens with zero attached hydrogens (tertiary/aromatic N) is 1. The molecule has 0 aliphatic rings. The van der Waals surface area contributed by atoms with Gasteiger partial charge in [0.2, 0.25) is 5.95 Å². The zero-order valence-corrected chi connectivity index (χ0v) is 24.4. The molecule has 0 spiro atoms. The lowest BCUT2D eigenvalue weighted by atomic mass is 10.1. The number of imidazole rings is 1. The molecule has 39 heavy (non-hydrogen) atoms. The average Bonchev–Trinajstić information content (AvgIpc) is 3.28. The Labute approximate surface area is 247 Å². The molecule has 3 aromatic carbocycles. The van der Waals surface area contributed by atoms with E-state index in [0.29, 0.717) is 51.6 Å². The molecule has 0 saturated heterocycles. The molecule has 0 bridgehead atoms. The van der Waals surface area contributed by atoms with Crippen LogP contribution in [0.25, 0.3) is 11.0 Å². The van der Waals surface area contributed by atoms with Crippen molar-refractivity contribution in [3.8, 4) is 0 Å². The van der Waals surface area contributed by atoms with Crippen molar-refractivity contribution in [3.05, 3.63) is 80.3 Å². The van der Waals surface area contributed by atoms with Gasteiger partial charge in [-0.15, -0.1) is 12.4 Å². The Kier molecular flexibility index (Phi) is 10.5. The van der Waals surface area contributed by atoms with E-state index in [2.05, 4.69) is 25.9 Å². The summed E-state index contributed by atoms with van der Waals surface area (Å²) in [5.41, 5.74) is 3.08. The maximum Gasteiger partial charge on any atom is 0.258 e. The number of anilines is 3. The van der Waals surface area contributed by atoms with Crippen molar-refractivity contribution >= 4 is 87.4 Å². The summed E-state index contributed by atoms with van der Waals surface area (Å²) < 4.78 is 5.56. The molecule has 0 saturated carbocycles. The van der Waals surface area contributed by atoms with E-state index in [1.165, 1.54) is 6.07 Å². The van der Waals surface area contributed by atoms with E-state index < -0.39 is 11.8 Å². The van der Waals surface area contributed by atoms with E-state index in [-0.39, 0.29) is 34.7 Å². The van der Waals surface area contributed by atoms with Crippen LogP contribution in [0.5, 0.6) is 0 Å². The number of carbonyl (C=O) groups excluding carboxylic acids is 2. The normalized spacial score (nSPS) is 10.8. The lowest BCUT2D eigenvalue weighted by molar-refractivity contribution is 0.0869. The lowest BCUT2D eigenvalue weighted by Crippen LogP contribution is -2.16. The molecule has 206 valence electrons. The maximum absolute atomic E-state index is 13.4. The van der Waals surface area contributed by atoms with Gasteiger partial charge in [0, 0.05) is 28.0 Å². The third-order valence-electron chi connectivity index (χ3n) is 5.62. The minimum Gasteiger partial charge on any atom is -0.377 e. The lowest BCUT2D eigenvalue weighted by Gasteiger charge is -2.12. The fraction of sp³-hybridized carbons (Fsp3) is 0.222. The second kappa shape index (κ2) is 13.4. The molecule has 4 rings (SSSR count). The molecule has 1 heterocycles. The minimum atomic E-state index is -0.474. The molecule has 0 atom stereocenters. The molecular weight excluding hydrogens is 584 g/mol. The first kappa shape index (κ1) is 30.5. The summed E-state index contributed by atoms with van der Waals surface area (Å²) in [4.78, 5) is 34.2. The number of aromatic nitrogens is 2. The van der Waals surface area contributed by atoms with Crippen LogP contribution in [0.2, 0.25) is 15.1 Å². The van der Waals surface area contributed by atoms with Crippen LogP contribution in [-0.2, 0) is 4.74 Å². The predicted octanol–water partition coefficient (Wildman–Crippen LogP) is 7.59. The summed E-state index contributed by atoms with van der Waals surface area (Å²) in [6, 6.07) is 13.1. The van der Waals surface area contributed by atoms with Gasteiger partial charge in [-0.2, -0.15) is 0 Å². The maximum atomic E-state index is 13.4. The van der Waals surface area contributed by atoms with E-state index >= 15 is 0 Å². The molecule has 1 aromatic heterocycles. The number of fused-ring (bicyclic) bond motifs is 1. The van der Waals surface area contributed by atoms with Crippen LogP contribution >= 0.6 is 47.2 Å². The van der Waals surface area contributed by atoms with Crippen molar-refractivity contribution in [1.82, 2.24) is 9.97 Å². The molecule has 0 fully saturated rings. The molecule has 0 aliphatic carbocycles. The molecule has 12 heteroatoms. The van der Waals surface area contributed by atoms with E-state index in [1.807, 2.05) is 20.8 Å². The number of aromatic amines is 1. The highest BCUT2D eigenvalue weighted by atomic mass is 35.5. The summed E-state index contributed by atoms with van der Waals surface area (Å²) in [6.45, 7) is 6.73. The van der Waals surface area contributed by atoms with Crippen LogP contribution in [0.3, 0.4) is 0 Å². The van der Waals surface area contributed by atoms with Gasteiger partial charge >= 0.3 is 0 Å². The Morgan fingerprint density at radius 2 is 1.72 bits per heavy atom. The number of rotatable bonds is 9. The third-order valence-corrected chi connectivity index (χ3v) is 6.60. The van der Waals surface area contributed by atoms with Crippen LogP contribution in [0.15, 0.2) is 48.5 Å². The van der Waals surface area contributed by atoms with Crippen LogP contribution in [0.4, 0.5) is 17.3 Å². The van der Waals surface area contributed by atoms with Gasteiger partial charge < -0.3 is 25.7 Å². The van der Waals surface area contributed by atoms with E-state index in [1.54, 1.807) is 42.5 Å². The third kappa shape index (κ3) is 7.56. The molecule has 0 radical (unpaired) electrons. The number of nitrogens with one attached hydrogen (secondary N) is 4. The summed E-state index contributed by atoms with van der Waals surface area (Å²) in [5, 5.41) is 10.0. The number of H-pyrrole nitrogens is 1. The first-order valence-corrected chi connectivity index (χ1v) is 13.0. The highest BCUT2D eigenvalue weighted by Gasteiger charge is 2.19. The predicted molar refractivity (Wildman–Crippen MR) is 161 cm³/mol. The summed E-state index contributed by atoms with van der Waals surface area (Å²) >= 11 is 18.5. The highest BCUT2D eigenvalue weighted by molar-refractivity contribution is 6.36. The van der Waals surface area contributed by atoms with Crippen molar-refractivity contribution in [2.24, 2.45) is 0 Å². The average molecular weight is 611 g/mol. The number of amides is 2. The zero-order valence-electron chi connectivity index (χ0n) is 21.3. The van der Waals surface area contributed by atoms with Crippen LogP contribution in [0, 0.1) is 6.92 Å². The van der Waals surface area contributed by atoms with Crippen LogP contribution in [0.1, 0.15) is 40.1 Å². The van der Waals surface area contributed by atoms with E-state index in [0.717, 1.165) is 5.56 Å². The fourth-order valence-electron chi connectivity index (χ4n) is 3.71. The Hall–Kier alpha value is -3.01. The summed E-state index contributed by atoms with van der Waals surface area (Å²) in [7, 11) is 0. The van der Waals surface area contributed by atoms with Crippen molar-refractivity contribution in [3.63, 3.8) is 0 Å². The number of carbonyl (C=O) groups is 2. The summed E-state index contributed by atoms with van der Waals surface area (Å²) in [5.74, 6) is -0.433. The molecule has 0 aliphatic heterocycles. The standard InChI is InChI=1S/C27H26Cl3N5O3.ClH/c1-14(2)38-10-9-31-27-34-23-13-17(32-25(36)18-11-16(28)7-8-21(18)30)12-19(24(23)35-27)26(37)33-22-6-4-5-20(29)15(22)3;/h4-8,11-14H,9-10H2,1-3H3,(H,32,36)(H,33,37)(H2,31,34,35);1H. The van der Waals surface area contributed by atoms with Crippen molar-refractivity contribution in [2.45, 2.75) is 26.9 Å². The first-order valence-electron chi connectivity index (χ1n) is 11.8. The number of ether oxygens (including phenoxy) is 1. The highest BCUT2D eigenvalue weighted by Crippen LogP contribution is 2.28. The molecule has 8 nitrogen and oxygen atoms in total. The molecule has 2 amide bonds. The Bertz CT molecular complexity index is 1510. The topological polar surface area (TPSA) is 108 Å². The van der Waals surface area contributed by atoms with Crippen LogP contribution in [-0.4, -0.2) is 41.0 Å². The molecule has 4 aromatic rings. The minimum absolute atomic E-state index is 0. The number of halogens is 4. The summed E-state index contributed by atoms with van der Waals surface area (Å²) in [6.07, 6.45) is 0.108. The Morgan fingerprint density at radius 3 is 2.46 bits per heavy atom. The fourth-order valence-corrected chi connectivity index (χ4v) is 4.26. The van der Waals surface area contributed by atoms with Crippen molar-refractivity contribution in [1.29, 1.82) is 0 Å². The second-order valence-corrected chi connectivity index (χ2v) is 10.0. The number of hydrogen-bond acceptors (Lipinski definition) is 5. The van der Waals surface area contributed by atoms with Crippen molar-refractivity contribution < 1.29 is 14.3 Å². The van der Waals surface area contributed by atoms with Gasteiger partial charge in [-0.25, -0.2) is 4.98 Å². The monoisotopic (exact) mass is 609 g/mol. The SMILES string of the molecule is Cc1c(Cl)cccc1NC(=O)c1cc(NC(=O)c2cc(Cl)ccc2Cl)cc2[nH]c(NCCOC(C)C)nc12.Cl. The Morgan fingerprint density at radius 1 is 0.974 bits per heavy atom. The van der Waals surface area contributed by atoms with Crippen LogP contribution < -0.4 is 16.0 Å². The van der Waals surface area contributed by atoms with Gasteiger partial charge in [0.05, 0.1) is 34.4 Å². The van der Waals surface area contributed by atoms with Gasteiger partial charge in [0.25, 0.3) is 11.8 Å². The zero-order chi connectivity index (χ0) is 27.4. The van der Waals surface area contributed by atoms with Crippen molar-refractivity contribution in [2.75, 3.05) is 29.1 Å². The Balaban J connectivity index is 0.00000420. The largest absolute Gasteiger partial charge is 0.377 e. The molecule has 0 unspecified atom stereocenters. The molecule has 4 N–H and O–H groups in total. The second-order valence-electron chi connectivity index (χ2n) is 8.80. The van der Waals surface area contributed by atoms with Gasteiger partial charge in [-0.3, -0.25) is 9.59 Å². The van der Waals surface area contributed by atoms with E-state index in [9.17, 15) is 9.59 Å². The number of benzene rings is 3. The smallest absolute Gasteiger partial charge is 0.258 e. The first-order chi connectivity index (χ1) is 18.1. The quantitative estimate of drug-likeness (QED) is 0.146. The number of hydrogen-bond donors (Lipinski definition) is 4. The van der Waals surface area contributed by atoms with Gasteiger partial charge in [0.15, 0.2) is 0 Å².